The minimum atomic E-state index is -1.27. The predicted octanol–water partition coefficient (Wildman–Crippen LogP) is 2.01. The number of fused-ring (bicyclic) bond motifs is 1. The van der Waals surface area contributed by atoms with Gasteiger partial charge in [0.1, 0.15) is 11.3 Å². The first-order valence-corrected chi connectivity index (χ1v) is 6.79. The summed E-state index contributed by atoms with van der Waals surface area (Å²) in [4.78, 5) is 20.0. The first-order chi connectivity index (χ1) is 11.5. The Hall–Kier alpha value is -3.36. The van der Waals surface area contributed by atoms with E-state index in [2.05, 4.69) is 15.1 Å². The van der Waals surface area contributed by atoms with Crippen molar-refractivity contribution in [1.29, 1.82) is 0 Å². The molecule has 0 saturated heterocycles. The van der Waals surface area contributed by atoms with Gasteiger partial charge in [-0.15, -0.1) is 0 Å². The number of ether oxygens (including phenoxy) is 2. The fraction of sp³-hybridized carbons (Fsp3) is 0.200. The maximum absolute atomic E-state index is 11.8. The number of carbonyl (C=O) groups is 1. The summed E-state index contributed by atoms with van der Waals surface area (Å²) >= 11 is 0. The van der Waals surface area contributed by atoms with Crippen LogP contribution in [0, 0.1) is 6.92 Å². The van der Waals surface area contributed by atoms with Gasteiger partial charge in [-0.3, -0.25) is 0 Å². The summed E-state index contributed by atoms with van der Waals surface area (Å²) in [6.07, 6.45) is 0. The zero-order chi connectivity index (χ0) is 17.4. The van der Waals surface area contributed by atoms with E-state index in [1.54, 1.807) is 6.92 Å². The standard InChI is InChI=1S/C15H13N3O6/c1-6-11-8(19)4-7(12(15(20)21)13(11)24-18-6)14-16-9(22-2)5-10(17-14)23-3/h4-5,19H,1-3H3,(H,20,21). The predicted molar refractivity (Wildman–Crippen MR) is 81.5 cm³/mol. The number of carboxylic acid groups (broad SMARTS) is 1. The molecule has 0 saturated carbocycles. The number of carboxylic acids is 1. The number of aromatic nitrogens is 3. The fourth-order valence-corrected chi connectivity index (χ4v) is 2.37. The maximum atomic E-state index is 11.8. The van der Waals surface area contributed by atoms with E-state index in [1.165, 1.54) is 26.4 Å². The summed E-state index contributed by atoms with van der Waals surface area (Å²) < 4.78 is 15.2. The van der Waals surface area contributed by atoms with E-state index >= 15 is 0 Å². The molecule has 2 heterocycles. The second kappa shape index (κ2) is 5.69. The van der Waals surface area contributed by atoms with Crippen molar-refractivity contribution in [3.05, 3.63) is 23.4 Å². The summed E-state index contributed by atoms with van der Waals surface area (Å²) in [7, 11) is 2.81. The second-order valence-corrected chi connectivity index (χ2v) is 4.87. The summed E-state index contributed by atoms with van der Waals surface area (Å²) in [5.41, 5.74) is 0.167. The van der Waals surface area contributed by atoms with Crippen LogP contribution in [0.25, 0.3) is 22.4 Å². The Bertz CT molecular complexity index is 928. The molecule has 0 fully saturated rings. The molecule has 0 unspecified atom stereocenters. The van der Waals surface area contributed by atoms with Crippen molar-refractivity contribution < 1.29 is 29.0 Å². The summed E-state index contributed by atoms with van der Waals surface area (Å²) in [5.74, 6) is -1.08. The van der Waals surface area contributed by atoms with Crippen LogP contribution in [0.5, 0.6) is 17.5 Å². The number of hydrogen-bond acceptors (Lipinski definition) is 8. The molecule has 0 bridgehead atoms. The average molecular weight is 331 g/mol. The van der Waals surface area contributed by atoms with Crippen LogP contribution in [0.3, 0.4) is 0 Å². The van der Waals surface area contributed by atoms with E-state index in [1.807, 2.05) is 0 Å². The van der Waals surface area contributed by atoms with Crippen LogP contribution in [0.4, 0.5) is 0 Å². The van der Waals surface area contributed by atoms with Crippen LogP contribution < -0.4 is 9.47 Å². The number of phenolic OH excluding ortho intramolecular Hbond substituents is 1. The topological polar surface area (TPSA) is 128 Å². The second-order valence-electron chi connectivity index (χ2n) is 4.87. The number of benzene rings is 1. The van der Waals surface area contributed by atoms with Crippen molar-refractivity contribution in [2.45, 2.75) is 6.92 Å². The van der Waals surface area contributed by atoms with Gasteiger partial charge in [0.05, 0.1) is 31.4 Å². The van der Waals surface area contributed by atoms with Gasteiger partial charge in [-0.1, -0.05) is 5.16 Å². The van der Waals surface area contributed by atoms with Gasteiger partial charge < -0.3 is 24.2 Å². The Morgan fingerprint density at radius 3 is 2.33 bits per heavy atom. The monoisotopic (exact) mass is 331 g/mol. The van der Waals surface area contributed by atoms with E-state index in [4.69, 9.17) is 14.0 Å². The van der Waals surface area contributed by atoms with Crippen molar-refractivity contribution in [2.24, 2.45) is 0 Å². The molecule has 2 N–H and O–H groups in total. The van der Waals surface area contributed by atoms with Gasteiger partial charge in [-0.25, -0.2) is 4.79 Å². The van der Waals surface area contributed by atoms with Crippen molar-refractivity contribution in [3.63, 3.8) is 0 Å². The third-order valence-electron chi connectivity index (χ3n) is 3.45. The molecular weight excluding hydrogens is 318 g/mol. The third-order valence-corrected chi connectivity index (χ3v) is 3.45. The molecule has 124 valence electrons. The van der Waals surface area contributed by atoms with Crippen molar-refractivity contribution in [2.75, 3.05) is 14.2 Å². The van der Waals surface area contributed by atoms with Crippen LogP contribution in [-0.2, 0) is 0 Å². The van der Waals surface area contributed by atoms with E-state index < -0.39 is 5.97 Å². The Balaban J connectivity index is 2.38. The number of aryl methyl sites for hydroxylation is 1. The molecule has 9 heteroatoms. The molecule has 9 nitrogen and oxygen atoms in total. The van der Waals surface area contributed by atoms with E-state index in [9.17, 15) is 15.0 Å². The van der Waals surface area contributed by atoms with Crippen LogP contribution in [-0.4, -0.2) is 45.5 Å². The Labute approximate surface area is 135 Å². The van der Waals surface area contributed by atoms with Gasteiger partial charge in [0.25, 0.3) is 0 Å². The molecule has 2 aromatic heterocycles. The van der Waals surface area contributed by atoms with E-state index in [0.29, 0.717) is 5.69 Å². The molecule has 1 aromatic carbocycles. The molecular formula is C15H13N3O6. The van der Waals surface area contributed by atoms with Crippen molar-refractivity contribution >= 4 is 16.9 Å². The van der Waals surface area contributed by atoms with Crippen molar-refractivity contribution in [3.8, 4) is 28.9 Å². The molecule has 24 heavy (non-hydrogen) atoms. The molecule has 0 radical (unpaired) electrons. The van der Waals surface area contributed by atoms with Crippen molar-refractivity contribution in [1.82, 2.24) is 15.1 Å². The minimum absolute atomic E-state index is 0.00912. The largest absolute Gasteiger partial charge is 0.507 e. The number of nitrogens with zero attached hydrogens (tertiary/aromatic N) is 3. The van der Waals surface area contributed by atoms with Gasteiger partial charge in [-0.05, 0) is 13.0 Å². The molecule has 0 aliphatic heterocycles. The molecule has 3 rings (SSSR count). The minimum Gasteiger partial charge on any atom is -0.507 e. The Morgan fingerprint density at radius 1 is 1.17 bits per heavy atom. The number of phenols is 1. The first kappa shape index (κ1) is 15.5. The Kier molecular flexibility index (Phi) is 3.68. The lowest BCUT2D eigenvalue weighted by molar-refractivity contribution is 0.0698. The number of rotatable bonds is 4. The number of aromatic carboxylic acids is 1. The summed E-state index contributed by atoms with van der Waals surface area (Å²) in [5, 5.41) is 23.8. The van der Waals surface area contributed by atoms with Gasteiger partial charge in [0, 0.05) is 5.56 Å². The summed E-state index contributed by atoms with van der Waals surface area (Å²) in [6, 6.07) is 2.70. The number of aromatic hydroxyl groups is 1. The van der Waals surface area contributed by atoms with Gasteiger partial charge in [0.2, 0.25) is 11.8 Å². The number of hydrogen-bond donors (Lipinski definition) is 2. The highest BCUT2D eigenvalue weighted by Crippen LogP contribution is 2.37. The highest BCUT2D eigenvalue weighted by molar-refractivity contribution is 6.09. The molecule has 3 aromatic rings. The quantitative estimate of drug-likeness (QED) is 0.737. The number of methoxy groups -OCH3 is 2. The molecule has 0 spiro atoms. The fourth-order valence-electron chi connectivity index (χ4n) is 2.37. The SMILES string of the molecule is COc1cc(OC)nc(-c2cc(O)c3c(C)noc3c2C(=O)O)n1. The van der Waals surface area contributed by atoms with E-state index in [-0.39, 0.29) is 45.4 Å². The third kappa shape index (κ3) is 2.35. The van der Waals surface area contributed by atoms with Crippen LogP contribution in [0.2, 0.25) is 0 Å². The normalized spacial score (nSPS) is 10.8. The maximum Gasteiger partial charge on any atom is 0.340 e. The highest BCUT2D eigenvalue weighted by atomic mass is 16.5. The zero-order valence-corrected chi connectivity index (χ0v) is 13.0. The van der Waals surface area contributed by atoms with Gasteiger partial charge in [0.15, 0.2) is 11.4 Å². The average Bonchev–Trinajstić information content (AvgIpc) is 2.96. The van der Waals surface area contributed by atoms with Crippen LogP contribution >= 0.6 is 0 Å². The van der Waals surface area contributed by atoms with Crippen LogP contribution in [0.15, 0.2) is 16.7 Å². The molecule has 0 atom stereocenters. The highest BCUT2D eigenvalue weighted by Gasteiger charge is 2.25. The lowest BCUT2D eigenvalue weighted by Gasteiger charge is -2.09. The zero-order valence-electron chi connectivity index (χ0n) is 13.0. The Morgan fingerprint density at radius 2 is 1.79 bits per heavy atom. The van der Waals surface area contributed by atoms with Gasteiger partial charge >= 0.3 is 5.97 Å². The van der Waals surface area contributed by atoms with E-state index in [0.717, 1.165) is 0 Å². The van der Waals surface area contributed by atoms with Gasteiger partial charge in [-0.2, -0.15) is 9.97 Å². The smallest absolute Gasteiger partial charge is 0.340 e. The summed E-state index contributed by atoms with van der Waals surface area (Å²) in [6.45, 7) is 1.60. The molecule has 0 aliphatic rings. The molecule has 0 aliphatic carbocycles. The molecule has 0 amide bonds. The lowest BCUT2D eigenvalue weighted by Crippen LogP contribution is -2.04. The van der Waals surface area contributed by atoms with Crippen LogP contribution in [0.1, 0.15) is 16.1 Å². The first-order valence-electron chi connectivity index (χ1n) is 6.79. The lowest BCUT2D eigenvalue weighted by atomic mass is 10.0.